The standard InChI is InChI=1S/C21H26N2O4/c1-21(2,3)16-7-11-18(12-8-16)27-14-13-22-20(25)23-17-9-5-15(6-10-17)19(24)26-4/h5-12H,13-14H2,1-4H3,(H2,22,23,25). The third kappa shape index (κ3) is 6.33. The smallest absolute Gasteiger partial charge is 0.337 e. The minimum Gasteiger partial charge on any atom is -0.492 e. The van der Waals surface area contributed by atoms with Crippen LogP contribution in [-0.2, 0) is 10.2 Å². The second-order valence-electron chi connectivity index (χ2n) is 7.07. The Morgan fingerprint density at radius 2 is 1.59 bits per heavy atom. The Hall–Kier alpha value is -3.02. The van der Waals surface area contributed by atoms with Crippen molar-refractivity contribution in [2.24, 2.45) is 0 Å². The van der Waals surface area contributed by atoms with Crippen LogP contribution in [0.25, 0.3) is 0 Å². The van der Waals surface area contributed by atoms with Crippen molar-refractivity contribution in [3.05, 3.63) is 59.7 Å². The van der Waals surface area contributed by atoms with Gasteiger partial charge in [-0.3, -0.25) is 0 Å². The van der Waals surface area contributed by atoms with Crippen LogP contribution in [0.3, 0.4) is 0 Å². The number of amides is 2. The zero-order valence-electron chi connectivity index (χ0n) is 16.2. The third-order valence-corrected chi connectivity index (χ3v) is 3.94. The molecule has 0 saturated heterocycles. The summed E-state index contributed by atoms with van der Waals surface area (Å²) < 4.78 is 10.3. The Balaban J connectivity index is 1.72. The summed E-state index contributed by atoms with van der Waals surface area (Å²) in [6.07, 6.45) is 0. The lowest BCUT2D eigenvalue weighted by molar-refractivity contribution is 0.0600. The summed E-state index contributed by atoms with van der Waals surface area (Å²) in [7, 11) is 1.32. The number of anilines is 1. The maximum absolute atomic E-state index is 11.9. The molecule has 0 aliphatic rings. The zero-order chi connectivity index (χ0) is 19.9. The number of hydrogen-bond donors (Lipinski definition) is 2. The molecule has 0 unspecified atom stereocenters. The van der Waals surface area contributed by atoms with Gasteiger partial charge in [0.25, 0.3) is 0 Å². The summed E-state index contributed by atoms with van der Waals surface area (Å²) in [4.78, 5) is 23.3. The molecular formula is C21H26N2O4. The highest BCUT2D eigenvalue weighted by atomic mass is 16.5. The SMILES string of the molecule is COC(=O)c1ccc(NC(=O)NCCOc2ccc(C(C)(C)C)cc2)cc1. The van der Waals surface area contributed by atoms with Crippen molar-refractivity contribution >= 4 is 17.7 Å². The van der Waals surface area contributed by atoms with Crippen molar-refractivity contribution in [2.75, 3.05) is 25.6 Å². The molecule has 6 nitrogen and oxygen atoms in total. The summed E-state index contributed by atoms with van der Waals surface area (Å²) in [6, 6.07) is 14.1. The number of methoxy groups -OCH3 is 1. The van der Waals surface area contributed by atoms with Crippen molar-refractivity contribution in [1.82, 2.24) is 5.32 Å². The van der Waals surface area contributed by atoms with Gasteiger partial charge in [0.1, 0.15) is 12.4 Å². The molecule has 0 atom stereocenters. The van der Waals surface area contributed by atoms with Gasteiger partial charge in [-0.1, -0.05) is 32.9 Å². The predicted octanol–water partition coefficient (Wildman–Crippen LogP) is 3.97. The van der Waals surface area contributed by atoms with Crippen LogP contribution in [0.2, 0.25) is 0 Å². The molecule has 144 valence electrons. The van der Waals surface area contributed by atoms with Crippen LogP contribution in [0.15, 0.2) is 48.5 Å². The van der Waals surface area contributed by atoms with E-state index in [0.717, 1.165) is 5.75 Å². The second kappa shape index (κ2) is 9.07. The molecule has 0 spiro atoms. The Morgan fingerprint density at radius 3 is 2.15 bits per heavy atom. The quantitative estimate of drug-likeness (QED) is 0.596. The van der Waals surface area contributed by atoms with E-state index in [4.69, 9.17) is 4.74 Å². The molecule has 0 aliphatic carbocycles. The maximum Gasteiger partial charge on any atom is 0.337 e. The minimum atomic E-state index is -0.418. The number of carbonyl (C=O) groups is 2. The van der Waals surface area contributed by atoms with E-state index >= 15 is 0 Å². The van der Waals surface area contributed by atoms with Crippen molar-refractivity contribution < 1.29 is 19.1 Å². The minimum absolute atomic E-state index is 0.104. The van der Waals surface area contributed by atoms with Crippen molar-refractivity contribution in [2.45, 2.75) is 26.2 Å². The fourth-order valence-corrected chi connectivity index (χ4v) is 2.37. The summed E-state index contributed by atoms with van der Waals surface area (Å²) in [5.41, 5.74) is 2.35. The molecule has 2 rings (SSSR count). The van der Waals surface area contributed by atoms with E-state index in [0.29, 0.717) is 24.4 Å². The Morgan fingerprint density at radius 1 is 0.963 bits per heavy atom. The number of rotatable bonds is 6. The molecule has 2 amide bonds. The number of benzene rings is 2. The van der Waals surface area contributed by atoms with E-state index in [1.165, 1.54) is 12.7 Å². The molecule has 2 aromatic rings. The molecule has 0 fully saturated rings. The van der Waals surface area contributed by atoms with Crippen LogP contribution in [0.5, 0.6) is 5.75 Å². The first-order valence-electron chi connectivity index (χ1n) is 8.76. The molecule has 0 heterocycles. The van der Waals surface area contributed by atoms with Gasteiger partial charge in [0.2, 0.25) is 0 Å². The molecule has 0 bridgehead atoms. The van der Waals surface area contributed by atoms with Gasteiger partial charge in [0, 0.05) is 5.69 Å². The van der Waals surface area contributed by atoms with Gasteiger partial charge >= 0.3 is 12.0 Å². The molecule has 0 radical (unpaired) electrons. The fourth-order valence-electron chi connectivity index (χ4n) is 2.37. The van der Waals surface area contributed by atoms with Gasteiger partial charge in [0.15, 0.2) is 0 Å². The Kier molecular flexibility index (Phi) is 6.82. The first-order valence-corrected chi connectivity index (χ1v) is 8.76. The molecule has 6 heteroatoms. The first kappa shape index (κ1) is 20.3. The fraction of sp³-hybridized carbons (Fsp3) is 0.333. The molecule has 0 aromatic heterocycles. The van der Waals surface area contributed by atoms with E-state index < -0.39 is 5.97 Å². The first-order chi connectivity index (χ1) is 12.8. The number of esters is 1. The summed E-state index contributed by atoms with van der Waals surface area (Å²) in [6.45, 7) is 7.22. The van der Waals surface area contributed by atoms with E-state index in [-0.39, 0.29) is 11.4 Å². The highest BCUT2D eigenvalue weighted by Gasteiger charge is 2.13. The topological polar surface area (TPSA) is 76.7 Å². The highest BCUT2D eigenvalue weighted by Crippen LogP contribution is 2.24. The normalized spacial score (nSPS) is 10.8. The number of carbonyl (C=O) groups excluding carboxylic acids is 2. The van der Waals surface area contributed by atoms with E-state index in [9.17, 15) is 9.59 Å². The third-order valence-electron chi connectivity index (χ3n) is 3.94. The van der Waals surface area contributed by atoms with Crippen LogP contribution in [0.4, 0.5) is 10.5 Å². The van der Waals surface area contributed by atoms with Crippen molar-refractivity contribution in [3.8, 4) is 5.75 Å². The highest BCUT2D eigenvalue weighted by molar-refractivity contribution is 5.92. The summed E-state index contributed by atoms with van der Waals surface area (Å²) in [5, 5.41) is 5.41. The second-order valence-corrected chi connectivity index (χ2v) is 7.07. The van der Waals surface area contributed by atoms with Gasteiger partial charge in [-0.25, -0.2) is 9.59 Å². The van der Waals surface area contributed by atoms with E-state index in [1.54, 1.807) is 24.3 Å². The Bertz CT molecular complexity index is 762. The number of nitrogens with one attached hydrogen (secondary N) is 2. The summed E-state index contributed by atoms with van der Waals surface area (Å²) >= 11 is 0. The molecular weight excluding hydrogens is 344 g/mol. The van der Waals surface area contributed by atoms with Crippen LogP contribution >= 0.6 is 0 Å². The maximum atomic E-state index is 11.9. The van der Waals surface area contributed by atoms with Gasteiger partial charge in [-0.2, -0.15) is 0 Å². The average molecular weight is 370 g/mol. The average Bonchev–Trinajstić information content (AvgIpc) is 2.65. The number of hydrogen-bond acceptors (Lipinski definition) is 4. The van der Waals surface area contributed by atoms with Gasteiger partial charge < -0.3 is 20.1 Å². The van der Waals surface area contributed by atoms with Gasteiger partial charge in [-0.05, 0) is 47.4 Å². The molecule has 2 aromatic carbocycles. The molecule has 27 heavy (non-hydrogen) atoms. The lowest BCUT2D eigenvalue weighted by atomic mass is 9.87. The Labute approximate surface area is 159 Å². The van der Waals surface area contributed by atoms with E-state index in [2.05, 4.69) is 36.1 Å². The monoisotopic (exact) mass is 370 g/mol. The lowest BCUT2D eigenvalue weighted by Gasteiger charge is -2.19. The number of ether oxygens (including phenoxy) is 2. The summed E-state index contributed by atoms with van der Waals surface area (Å²) in [5.74, 6) is 0.349. The van der Waals surface area contributed by atoms with Crippen molar-refractivity contribution in [1.29, 1.82) is 0 Å². The largest absolute Gasteiger partial charge is 0.492 e. The van der Waals surface area contributed by atoms with Crippen LogP contribution in [-0.4, -0.2) is 32.3 Å². The van der Waals surface area contributed by atoms with Crippen LogP contribution < -0.4 is 15.4 Å². The van der Waals surface area contributed by atoms with Crippen LogP contribution in [0.1, 0.15) is 36.7 Å². The van der Waals surface area contributed by atoms with Crippen molar-refractivity contribution in [3.63, 3.8) is 0 Å². The van der Waals surface area contributed by atoms with Gasteiger partial charge in [-0.15, -0.1) is 0 Å². The zero-order valence-corrected chi connectivity index (χ0v) is 16.2. The van der Waals surface area contributed by atoms with Crippen LogP contribution in [0, 0.1) is 0 Å². The van der Waals surface area contributed by atoms with Gasteiger partial charge in [0.05, 0.1) is 19.2 Å². The predicted molar refractivity (Wildman–Crippen MR) is 105 cm³/mol. The molecule has 0 aliphatic heterocycles. The number of urea groups is 1. The van der Waals surface area contributed by atoms with E-state index in [1.807, 2.05) is 24.3 Å². The molecule has 2 N–H and O–H groups in total. The molecule has 0 saturated carbocycles. The lowest BCUT2D eigenvalue weighted by Crippen LogP contribution is -2.32.